The maximum atomic E-state index is 13.9. The van der Waals surface area contributed by atoms with Gasteiger partial charge in [0, 0.05) is 19.3 Å². The van der Waals surface area contributed by atoms with Crippen LogP contribution in [-0.4, -0.2) is 29.0 Å². The normalized spacial score (nSPS) is 19.3. The molecule has 1 saturated heterocycles. The summed E-state index contributed by atoms with van der Waals surface area (Å²) in [7, 11) is -4.11. The van der Waals surface area contributed by atoms with Gasteiger partial charge in [0.2, 0.25) is 10.0 Å². The molecule has 0 spiro atoms. The summed E-state index contributed by atoms with van der Waals surface area (Å²) in [5, 5.41) is 4.16. The highest BCUT2D eigenvalue weighted by molar-refractivity contribution is 7.89. The van der Waals surface area contributed by atoms with Gasteiger partial charge in [-0.2, -0.15) is 9.40 Å². The molecule has 0 radical (unpaired) electrons. The number of sulfonamides is 1. The number of halogens is 2. The summed E-state index contributed by atoms with van der Waals surface area (Å²) in [6.07, 6.45) is 2.91. The minimum Gasteiger partial charge on any atom is -0.268 e. The number of nitrogens with zero attached hydrogens (tertiary/aromatic N) is 3. The van der Waals surface area contributed by atoms with Crippen molar-refractivity contribution in [1.29, 1.82) is 0 Å². The summed E-state index contributed by atoms with van der Waals surface area (Å²) < 4.78 is 55.9. The molecule has 1 fully saturated rings. The smallest absolute Gasteiger partial charge is 0.246 e. The Balaban J connectivity index is 2.03. The zero-order valence-electron chi connectivity index (χ0n) is 12.6. The number of hydrogen-bond acceptors (Lipinski definition) is 3. The van der Waals surface area contributed by atoms with Crippen molar-refractivity contribution in [3.8, 4) is 0 Å². The van der Waals surface area contributed by atoms with Crippen molar-refractivity contribution < 1.29 is 17.2 Å². The quantitative estimate of drug-likeness (QED) is 0.859. The van der Waals surface area contributed by atoms with E-state index >= 15 is 0 Å². The van der Waals surface area contributed by atoms with Gasteiger partial charge in [-0.15, -0.1) is 0 Å². The van der Waals surface area contributed by atoms with E-state index in [1.807, 2.05) is 6.92 Å². The predicted molar refractivity (Wildman–Crippen MR) is 80.1 cm³/mol. The second-order valence-electron chi connectivity index (χ2n) is 5.42. The molecular weight excluding hydrogens is 324 g/mol. The number of benzene rings is 1. The Bertz CT molecular complexity index is 820. The van der Waals surface area contributed by atoms with Crippen LogP contribution in [0, 0.1) is 11.6 Å². The second kappa shape index (κ2) is 6.01. The summed E-state index contributed by atoms with van der Waals surface area (Å²) >= 11 is 0. The number of aryl methyl sites for hydroxylation is 1. The number of aromatic nitrogens is 2. The molecule has 5 nitrogen and oxygen atoms in total. The third kappa shape index (κ3) is 2.76. The van der Waals surface area contributed by atoms with Crippen LogP contribution < -0.4 is 0 Å². The molecule has 1 aromatic carbocycles. The van der Waals surface area contributed by atoms with Crippen LogP contribution in [0.5, 0.6) is 0 Å². The molecular formula is C15H17F2N3O2S. The van der Waals surface area contributed by atoms with Gasteiger partial charge < -0.3 is 0 Å². The van der Waals surface area contributed by atoms with E-state index in [4.69, 9.17) is 0 Å². The van der Waals surface area contributed by atoms with Crippen LogP contribution in [0.3, 0.4) is 0 Å². The predicted octanol–water partition coefficient (Wildman–Crippen LogP) is 2.71. The van der Waals surface area contributed by atoms with Gasteiger partial charge in [0.15, 0.2) is 0 Å². The fourth-order valence-electron chi connectivity index (χ4n) is 3.01. The fourth-order valence-corrected chi connectivity index (χ4v) is 4.76. The molecule has 0 amide bonds. The van der Waals surface area contributed by atoms with Gasteiger partial charge in [0.25, 0.3) is 0 Å². The van der Waals surface area contributed by atoms with Crippen LogP contribution in [0.1, 0.15) is 31.5 Å². The van der Waals surface area contributed by atoms with E-state index < -0.39 is 32.6 Å². The van der Waals surface area contributed by atoms with Crippen molar-refractivity contribution in [1.82, 2.24) is 14.1 Å². The Labute approximate surface area is 133 Å². The molecule has 0 saturated carbocycles. The molecule has 2 aromatic rings. The lowest BCUT2D eigenvalue weighted by Gasteiger charge is -2.24. The van der Waals surface area contributed by atoms with Crippen molar-refractivity contribution in [3.63, 3.8) is 0 Å². The SMILES string of the molecule is CCn1nccc1[C@@H]1CCCN1S(=O)(=O)c1cc(F)ccc1F. The molecule has 0 N–H and O–H groups in total. The summed E-state index contributed by atoms with van der Waals surface area (Å²) in [5.74, 6) is -1.72. The lowest BCUT2D eigenvalue weighted by atomic mass is 10.1. The van der Waals surface area contributed by atoms with Crippen LogP contribution in [0.15, 0.2) is 35.4 Å². The molecule has 2 heterocycles. The minimum absolute atomic E-state index is 0.276. The van der Waals surface area contributed by atoms with Gasteiger partial charge in [-0.05, 0) is 44.0 Å². The van der Waals surface area contributed by atoms with Crippen LogP contribution in [0.2, 0.25) is 0 Å². The van der Waals surface area contributed by atoms with Gasteiger partial charge in [0.05, 0.1) is 11.7 Å². The Morgan fingerprint density at radius 2 is 2.09 bits per heavy atom. The van der Waals surface area contributed by atoms with E-state index in [-0.39, 0.29) is 6.54 Å². The van der Waals surface area contributed by atoms with E-state index in [2.05, 4.69) is 5.10 Å². The number of rotatable bonds is 4. The molecule has 1 aromatic heterocycles. The van der Waals surface area contributed by atoms with Gasteiger partial charge in [-0.3, -0.25) is 4.68 Å². The molecule has 124 valence electrons. The highest BCUT2D eigenvalue weighted by Gasteiger charge is 2.39. The van der Waals surface area contributed by atoms with E-state index in [0.717, 1.165) is 23.9 Å². The Morgan fingerprint density at radius 1 is 1.30 bits per heavy atom. The molecule has 0 aliphatic carbocycles. The lowest BCUT2D eigenvalue weighted by Crippen LogP contribution is -2.32. The van der Waals surface area contributed by atoms with Gasteiger partial charge in [0.1, 0.15) is 16.5 Å². The first-order valence-electron chi connectivity index (χ1n) is 7.43. The van der Waals surface area contributed by atoms with Crippen LogP contribution in [0.25, 0.3) is 0 Å². The first-order valence-corrected chi connectivity index (χ1v) is 8.87. The van der Waals surface area contributed by atoms with Crippen molar-refractivity contribution in [2.45, 2.75) is 37.2 Å². The largest absolute Gasteiger partial charge is 0.268 e. The standard InChI is InChI=1S/C15H17F2N3O2S/c1-2-19-13(7-8-18-19)14-4-3-9-20(14)23(21,22)15-10-11(16)5-6-12(15)17/h5-8,10,14H,2-4,9H2,1H3/t14-/m0/s1. The lowest BCUT2D eigenvalue weighted by molar-refractivity contribution is 0.373. The van der Waals surface area contributed by atoms with E-state index in [1.165, 1.54) is 4.31 Å². The van der Waals surface area contributed by atoms with Crippen molar-refractivity contribution in [3.05, 3.63) is 47.8 Å². The van der Waals surface area contributed by atoms with Crippen LogP contribution >= 0.6 is 0 Å². The Hall–Kier alpha value is -1.80. The molecule has 1 atom stereocenters. The summed E-state index contributed by atoms with van der Waals surface area (Å²) in [5.41, 5.74) is 0.769. The third-order valence-electron chi connectivity index (χ3n) is 4.07. The van der Waals surface area contributed by atoms with Crippen molar-refractivity contribution in [2.75, 3.05) is 6.54 Å². The maximum absolute atomic E-state index is 13.9. The van der Waals surface area contributed by atoms with E-state index in [0.29, 0.717) is 19.4 Å². The molecule has 0 bridgehead atoms. The minimum atomic E-state index is -4.11. The summed E-state index contributed by atoms with van der Waals surface area (Å²) in [4.78, 5) is -0.619. The summed E-state index contributed by atoms with van der Waals surface area (Å²) in [6.45, 7) is 2.80. The first kappa shape index (κ1) is 16.1. The van der Waals surface area contributed by atoms with Crippen LogP contribution in [0.4, 0.5) is 8.78 Å². The zero-order valence-corrected chi connectivity index (χ0v) is 13.4. The van der Waals surface area contributed by atoms with Crippen molar-refractivity contribution in [2.24, 2.45) is 0 Å². The van der Waals surface area contributed by atoms with E-state index in [9.17, 15) is 17.2 Å². The monoisotopic (exact) mass is 341 g/mol. The molecule has 1 aliphatic rings. The topological polar surface area (TPSA) is 55.2 Å². The van der Waals surface area contributed by atoms with E-state index in [1.54, 1.807) is 16.9 Å². The van der Waals surface area contributed by atoms with Gasteiger partial charge in [-0.1, -0.05) is 0 Å². The molecule has 0 unspecified atom stereocenters. The van der Waals surface area contributed by atoms with Gasteiger partial charge in [-0.25, -0.2) is 17.2 Å². The maximum Gasteiger partial charge on any atom is 0.246 e. The fraction of sp³-hybridized carbons (Fsp3) is 0.400. The average molecular weight is 341 g/mol. The van der Waals surface area contributed by atoms with Crippen molar-refractivity contribution >= 4 is 10.0 Å². The zero-order chi connectivity index (χ0) is 16.6. The van der Waals surface area contributed by atoms with Gasteiger partial charge >= 0.3 is 0 Å². The summed E-state index contributed by atoms with van der Waals surface area (Å²) in [6, 6.07) is 3.83. The Kier molecular flexibility index (Phi) is 4.20. The molecule has 3 rings (SSSR count). The third-order valence-corrected chi connectivity index (χ3v) is 6.00. The highest BCUT2D eigenvalue weighted by Crippen LogP contribution is 2.37. The average Bonchev–Trinajstić information content (AvgIpc) is 3.16. The first-order chi connectivity index (χ1) is 10.9. The molecule has 8 heteroatoms. The molecule has 23 heavy (non-hydrogen) atoms. The molecule has 1 aliphatic heterocycles. The second-order valence-corrected chi connectivity index (χ2v) is 7.28. The number of hydrogen-bond donors (Lipinski definition) is 0. The van der Waals surface area contributed by atoms with Crippen LogP contribution in [-0.2, 0) is 16.6 Å². The Morgan fingerprint density at radius 3 is 2.83 bits per heavy atom. The highest BCUT2D eigenvalue weighted by atomic mass is 32.2.